The monoisotopic (exact) mass is 444 g/mol. The molecule has 1 amide bonds. The molecule has 10 heteroatoms. The Bertz CT molecular complexity index is 1200. The van der Waals surface area contributed by atoms with Gasteiger partial charge in [-0.15, -0.1) is 0 Å². The lowest BCUT2D eigenvalue weighted by molar-refractivity contribution is -0.141. The van der Waals surface area contributed by atoms with Gasteiger partial charge < -0.3 is 28.3 Å². The van der Waals surface area contributed by atoms with Crippen molar-refractivity contribution in [2.45, 2.75) is 6.54 Å². The van der Waals surface area contributed by atoms with Gasteiger partial charge in [0.05, 0.1) is 24.4 Å². The van der Waals surface area contributed by atoms with Gasteiger partial charge in [0.2, 0.25) is 0 Å². The van der Waals surface area contributed by atoms with Gasteiger partial charge in [-0.25, -0.2) is 0 Å². The normalized spacial score (nSPS) is 13.2. The summed E-state index contributed by atoms with van der Waals surface area (Å²) in [6, 6.07) is 10.5. The first-order valence-corrected chi connectivity index (χ1v) is 10.2. The minimum atomic E-state index is -0.495. The zero-order chi connectivity index (χ0) is 21.8. The summed E-state index contributed by atoms with van der Waals surface area (Å²) in [6.07, 6.45) is 0. The fraction of sp³-hybridized carbons (Fsp3) is 0.286. The molecule has 2 aromatic carbocycles. The van der Waals surface area contributed by atoms with Crippen LogP contribution in [0.4, 0.5) is 0 Å². The van der Waals surface area contributed by atoms with Crippen LogP contribution in [0.2, 0.25) is 0 Å². The molecule has 0 N–H and O–H groups in total. The van der Waals surface area contributed by atoms with Crippen LogP contribution < -0.4 is 23.7 Å². The van der Waals surface area contributed by atoms with Crippen molar-refractivity contribution in [2.24, 2.45) is 4.99 Å². The average molecular weight is 444 g/mol. The molecule has 9 nitrogen and oxygen atoms in total. The Morgan fingerprint density at radius 1 is 1.10 bits per heavy atom. The predicted molar refractivity (Wildman–Crippen MR) is 112 cm³/mol. The Labute approximate surface area is 181 Å². The quantitative estimate of drug-likeness (QED) is 0.538. The summed E-state index contributed by atoms with van der Waals surface area (Å²) in [5.41, 5.74) is 0.694. The van der Waals surface area contributed by atoms with Gasteiger partial charge in [0.1, 0.15) is 31.3 Å². The summed E-state index contributed by atoms with van der Waals surface area (Å²) in [6.45, 7) is 0.543. The van der Waals surface area contributed by atoms with Crippen LogP contribution >= 0.6 is 11.3 Å². The summed E-state index contributed by atoms with van der Waals surface area (Å²) >= 11 is 1.26. The minimum absolute atomic E-state index is 0.0982. The van der Waals surface area contributed by atoms with Crippen LogP contribution in [0.3, 0.4) is 0 Å². The second kappa shape index (κ2) is 9.09. The molecule has 1 aliphatic heterocycles. The smallest absolute Gasteiger partial charge is 0.325 e. The van der Waals surface area contributed by atoms with Crippen LogP contribution in [0, 0.1) is 0 Å². The van der Waals surface area contributed by atoms with E-state index < -0.39 is 11.9 Å². The highest BCUT2D eigenvalue weighted by Gasteiger charge is 2.18. The number of carbonyl (C=O) groups is 2. The number of nitrogens with zero attached hydrogens (tertiary/aromatic N) is 2. The Kier molecular flexibility index (Phi) is 6.08. The van der Waals surface area contributed by atoms with Crippen molar-refractivity contribution in [2.75, 3.05) is 34.0 Å². The van der Waals surface area contributed by atoms with E-state index >= 15 is 0 Å². The van der Waals surface area contributed by atoms with E-state index in [0.717, 1.165) is 4.70 Å². The molecule has 0 unspecified atom stereocenters. The van der Waals surface area contributed by atoms with Crippen LogP contribution in [-0.2, 0) is 20.9 Å². The van der Waals surface area contributed by atoms with Gasteiger partial charge in [0.25, 0.3) is 5.91 Å². The third kappa shape index (κ3) is 4.64. The molecule has 4 rings (SSSR count). The molecular weight excluding hydrogens is 424 g/mol. The highest BCUT2D eigenvalue weighted by atomic mass is 32.1. The summed E-state index contributed by atoms with van der Waals surface area (Å²) in [5, 5.41) is 0. The fourth-order valence-corrected chi connectivity index (χ4v) is 4.07. The number of amides is 1. The molecule has 0 saturated heterocycles. The second-order valence-electron chi connectivity index (χ2n) is 6.48. The van der Waals surface area contributed by atoms with Crippen molar-refractivity contribution < 1.29 is 33.3 Å². The minimum Gasteiger partial charge on any atom is -0.497 e. The molecule has 0 bridgehead atoms. The molecule has 0 aliphatic carbocycles. The summed E-state index contributed by atoms with van der Waals surface area (Å²) < 4.78 is 29.1. The highest BCUT2D eigenvalue weighted by Crippen LogP contribution is 2.35. The van der Waals surface area contributed by atoms with Crippen LogP contribution in [0.5, 0.6) is 23.0 Å². The van der Waals surface area contributed by atoms with E-state index in [1.807, 2.05) is 6.07 Å². The van der Waals surface area contributed by atoms with Crippen molar-refractivity contribution in [3.63, 3.8) is 0 Å². The highest BCUT2D eigenvalue weighted by molar-refractivity contribution is 7.16. The Hall–Kier alpha value is -3.53. The van der Waals surface area contributed by atoms with Gasteiger partial charge >= 0.3 is 5.97 Å². The largest absolute Gasteiger partial charge is 0.497 e. The number of carbonyl (C=O) groups excluding carboxylic acids is 2. The number of fused-ring (bicyclic) bond motifs is 2. The van der Waals surface area contributed by atoms with E-state index in [0.29, 0.717) is 46.5 Å². The molecule has 162 valence electrons. The van der Waals surface area contributed by atoms with Gasteiger partial charge in [0.15, 0.2) is 22.9 Å². The maximum Gasteiger partial charge on any atom is 0.325 e. The number of esters is 1. The number of aromatic nitrogens is 1. The number of hydrogen-bond donors (Lipinski definition) is 0. The van der Waals surface area contributed by atoms with E-state index in [1.165, 1.54) is 18.4 Å². The van der Waals surface area contributed by atoms with Crippen molar-refractivity contribution in [1.82, 2.24) is 4.57 Å². The van der Waals surface area contributed by atoms with Crippen LogP contribution in [-0.4, -0.2) is 50.5 Å². The lowest BCUT2D eigenvalue weighted by atomic mass is 10.2. The fourth-order valence-electron chi connectivity index (χ4n) is 3.01. The average Bonchev–Trinajstić information content (AvgIpc) is 3.11. The molecule has 0 spiro atoms. The molecule has 1 aliphatic rings. The molecule has 0 saturated carbocycles. The Balaban J connectivity index is 1.65. The Morgan fingerprint density at radius 3 is 2.58 bits per heavy atom. The van der Waals surface area contributed by atoms with Crippen molar-refractivity contribution in [3.05, 3.63) is 41.2 Å². The molecule has 0 fully saturated rings. The van der Waals surface area contributed by atoms with Gasteiger partial charge in [-0.1, -0.05) is 17.4 Å². The van der Waals surface area contributed by atoms with Crippen LogP contribution in [0.1, 0.15) is 0 Å². The molecule has 2 heterocycles. The van der Waals surface area contributed by atoms with E-state index in [9.17, 15) is 9.59 Å². The Morgan fingerprint density at radius 2 is 1.84 bits per heavy atom. The summed E-state index contributed by atoms with van der Waals surface area (Å²) in [5.74, 6) is 1.35. The van der Waals surface area contributed by atoms with Gasteiger partial charge in [-0.05, 0) is 12.1 Å². The van der Waals surface area contributed by atoms with E-state index in [4.69, 9.17) is 23.7 Å². The molecule has 1 aromatic heterocycles. The molecule has 0 atom stereocenters. The van der Waals surface area contributed by atoms with Gasteiger partial charge in [0, 0.05) is 18.2 Å². The number of benzene rings is 2. The predicted octanol–water partition coefficient (Wildman–Crippen LogP) is 2.16. The third-order valence-electron chi connectivity index (χ3n) is 4.49. The molecule has 3 aromatic rings. The maximum atomic E-state index is 12.5. The number of methoxy groups -OCH3 is 2. The third-order valence-corrected chi connectivity index (χ3v) is 5.53. The van der Waals surface area contributed by atoms with Crippen molar-refractivity contribution in [3.8, 4) is 23.0 Å². The lowest BCUT2D eigenvalue weighted by Gasteiger charge is -2.18. The topological polar surface area (TPSA) is 97.6 Å². The first kappa shape index (κ1) is 20.7. The lowest BCUT2D eigenvalue weighted by Crippen LogP contribution is -2.23. The van der Waals surface area contributed by atoms with Crippen LogP contribution in [0.25, 0.3) is 10.2 Å². The van der Waals surface area contributed by atoms with Gasteiger partial charge in [-0.3, -0.25) is 9.59 Å². The summed E-state index contributed by atoms with van der Waals surface area (Å²) in [4.78, 5) is 29.0. The number of hydrogen-bond acceptors (Lipinski definition) is 8. The molecule has 0 radical (unpaired) electrons. The van der Waals surface area contributed by atoms with Crippen molar-refractivity contribution >= 4 is 33.4 Å². The van der Waals surface area contributed by atoms with Crippen molar-refractivity contribution in [1.29, 1.82) is 0 Å². The SMILES string of the molecule is COC(=O)Cn1c(=NC(=O)COc2cccc(OC)c2)sc2cc3c(cc21)OCCO3. The molecule has 31 heavy (non-hydrogen) atoms. The second-order valence-corrected chi connectivity index (χ2v) is 7.49. The standard InChI is InChI=1S/C21H20N2O7S/c1-26-13-4-3-5-14(8-13)30-12-19(24)22-21-23(11-20(25)27-2)15-9-16-17(10-18(15)31-21)29-7-6-28-16/h3-5,8-10H,6-7,11-12H2,1-2H3. The number of thiazole rings is 1. The first-order chi connectivity index (χ1) is 15.1. The summed E-state index contributed by atoms with van der Waals surface area (Å²) in [7, 11) is 2.86. The van der Waals surface area contributed by atoms with E-state index in [1.54, 1.807) is 42.0 Å². The first-order valence-electron chi connectivity index (χ1n) is 9.41. The number of rotatable bonds is 6. The van der Waals surface area contributed by atoms with Gasteiger partial charge in [-0.2, -0.15) is 4.99 Å². The van der Waals surface area contributed by atoms with E-state index in [2.05, 4.69) is 4.99 Å². The van der Waals surface area contributed by atoms with E-state index in [-0.39, 0.29) is 13.2 Å². The maximum absolute atomic E-state index is 12.5. The zero-order valence-corrected chi connectivity index (χ0v) is 17.8. The van der Waals surface area contributed by atoms with Crippen LogP contribution in [0.15, 0.2) is 41.4 Å². The molecular formula is C21H20N2O7S. The zero-order valence-electron chi connectivity index (χ0n) is 17.0. The number of ether oxygens (including phenoxy) is 5.